The number of nitrogens with zero attached hydrogens (tertiary/aromatic N) is 3. The predicted octanol–water partition coefficient (Wildman–Crippen LogP) is 3.61. The molecule has 1 heterocycles. The topological polar surface area (TPSA) is 56.7 Å². The standard InChI is InChI=1S/C17H32N4/c1-6-12(2)11-15-19-16(21(20-15)17(3,4)5)13-7-9-14(18)10-8-13/h12-14H,6-11,18H2,1-5H3. The third kappa shape index (κ3) is 4.06. The molecule has 0 saturated heterocycles. The number of hydrogen-bond donors (Lipinski definition) is 1. The highest BCUT2D eigenvalue weighted by Gasteiger charge is 2.29. The van der Waals surface area contributed by atoms with Gasteiger partial charge in [0.2, 0.25) is 0 Å². The second-order valence-corrected chi connectivity index (χ2v) is 7.80. The molecule has 1 atom stereocenters. The van der Waals surface area contributed by atoms with Crippen molar-refractivity contribution in [1.82, 2.24) is 14.8 Å². The lowest BCUT2D eigenvalue weighted by atomic mass is 9.85. The van der Waals surface area contributed by atoms with Crippen LogP contribution in [0.4, 0.5) is 0 Å². The lowest BCUT2D eigenvalue weighted by Gasteiger charge is -2.29. The van der Waals surface area contributed by atoms with E-state index in [9.17, 15) is 0 Å². The first kappa shape index (κ1) is 16.5. The average molecular weight is 292 g/mol. The molecule has 0 spiro atoms. The molecule has 2 rings (SSSR count). The van der Waals surface area contributed by atoms with E-state index in [-0.39, 0.29) is 5.54 Å². The molecule has 1 unspecified atom stereocenters. The van der Waals surface area contributed by atoms with Crippen molar-refractivity contribution < 1.29 is 0 Å². The van der Waals surface area contributed by atoms with Crippen LogP contribution in [0, 0.1) is 5.92 Å². The van der Waals surface area contributed by atoms with Gasteiger partial charge in [-0.05, 0) is 52.4 Å². The van der Waals surface area contributed by atoms with Crippen LogP contribution in [-0.2, 0) is 12.0 Å². The summed E-state index contributed by atoms with van der Waals surface area (Å²) in [6.45, 7) is 11.2. The van der Waals surface area contributed by atoms with Crippen LogP contribution in [0.15, 0.2) is 0 Å². The maximum Gasteiger partial charge on any atom is 0.151 e. The van der Waals surface area contributed by atoms with Gasteiger partial charge < -0.3 is 5.73 Å². The molecular weight excluding hydrogens is 260 g/mol. The van der Waals surface area contributed by atoms with Gasteiger partial charge in [0.1, 0.15) is 5.82 Å². The van der Waals surface area contributed by atoms with Crippen LogP contribution in [0.1, 0.15) is 84.3 Å². The Morgan fingerprint density at radius 2 is 1.86 bits per heavy atom. The molecule has 0 aliphatic heterocycles. The Morgan fingerprint density at radius 1 is 1.24 bits per heavy atom. The van der Waals surface area contributed by atoms with Gasteiger partial charge >= 0.3 is 0 Å². The second kappa shape index (κ2) is 6.47. The summed E-state index contributed by atoms with van der Waals surface area (Å²) in [6, 6.07) is 0.381. The van der Waals surface area contributed by atoms with Crippen LogP contribution >= 0.6 is 0 Å². The van der Waals surface area contributed by atoms with E-state index in [1.54, 1.807) is 0 Å². The maximum absolute atomic E-state index is 6.05. The summed E-state index contributed by atoms with van der Waals surface area (Å²) in [6.07, 6.45) is 6.69. The Morgan fingerprint density at radius 3 is 2.38 bits per heavy atom. The molecule has 4 heteroatoms. The van der Waals surface area contributed by atoms with Gasteiger partial charge in [-0.2, -0.15) is 5.10 Å². The molecule has 1 fully saturated rings. The van der Waals surface area contributed by atoms with Crippen molar-refractivity contribution in [1.29, 1.82) is 0 Å². The molecule has 21 heavy (non-hydrogen) atoms. The van der Waals surface area contributed by atoms with E-state index in [4.69, 9.17) is 15.8 Å². The van der Waals surface area contributed by atoms with Gasteiger partial charge in [-0.3, -0.25) is 0 Å². The van der Waals surface area contributed by atoms with E-state index in [1.165, 1.54) is 12.2 Å². The lowest BCUT2D eigenvalue weighted by Crippen LogP contribution is -2.30. The smallest absolute Gasteiger partial charge is 0.151 e. The summed E-state index contributed by atoms with van der Waals surface area (Å²) in [7, 11) is 0. The number of hydrogen-bond acceptors (Lipinski definition) is 3. The molecule has 1 aromatic rings. The summed E-state index contributed by atoms with van der Waals surface area (Å²) >= 11 is 0. The largest absolute Gasteiger partial charge is 0.328 e. The number of aromatic nitrogens is 3. The summed E-state index contributed by atoms with van der Waals surface area (Å²) in [4.78, 5) is 4.92. The minimum Gasteiger partial charge on any atom is -0.328 e. The SMILES string of the molecule is CCC(C)Cc1nc(C2CCC(N)CC2)n(C(C)(C)C)n1. The van der Waals surface area contributed by atoms with Crippen molar-refractivity contribution in [2.45, 2.75) is 90.6 Å². The highest BCUT2D eigenvalue weighted by molar-refractivity contribution is 5.05. The van der Waals surface area contributed by atoms with E-state index in [1.807, 2.05) is 0 Å². The fourth-order valence-electron chi connectivity index (χ4n) is 3.05. The minimum absolute atomic E-state index is 0.00437. The Hall–Kier alpha value is -0.900. The van der Waals surface area contributed by atoms with E-state index in [2.05, 4.69) is 39.3 Å². The molecule has 120 valence electrons. The van der Waals surface area contributed by atoms with Gasteiger partial charge in [-0.15, -0.1) is 0 Å². The first-order valence-electron chi connectivity index (χ1n) is 8.53. The van der Waals surface area contributed by atoms with E-state index in [0.717, 1.165) is 37.9 Å². The Kier molecular flexibility index (Phi) is 5.07. The van der Waals surface area contributed by atoms with Gasteiger partial charge in [0.25, 0.3) is 0 Å². The normalized spacial score (nSPS) is 25.0. The Bertz CT molecular complexity index is 450. The second-order valence-electron chi connectivity index (χ2n) is 7.80. The molecule has 0 amide bonds. The van der Waals surface area contributed by atoms with Gasteiger partial charge in [0, 0.05) is 18.4 Å². The molecule has 0 bridgehead atoms. The minimum atomic E-state index is -0.00437. The Labute approximate surface area is 129 Å². The lowest BCUT2D eigenvalue weighted by molar-refractivity contribution is 0.306. The fourth-order valence-corrected chi connectivity index (χ4v) is 3.05. The van der Waals surface area contributed by atoms with Crippen molar-refractivity contribution in [3.05, 3.63) is 11.6 Å². The van der Waals surface area contributed by atoms with Crippen LogP contribution in [0.25, 0.3) is 0 Å². The quantitative estimate of drug-likeness (QED) is 0.922. The zero-order chi connectivity index (χ0) is 15.6. The molecule has 1 aliphatic carbocycles. The summed E-state index contributed by atoms with van der Waals surface area (Å²) < 4.78 is 2.17. The first-order valence-corrected chi connectivity index (χ1v) is 8.53. The van der Waals surface area contributed by atoms with Crippen molar-refractivity contribution >= 4 is 0 Å². The highest BCUT2D eigenvalue weighted by atomic mass is 15.4. The maximum atomic E-state index is 6.05. The molecule has 0 aromatic carbocycles. The average Bonchev–Trinajstić information content (AvgIpc) is 2.83. The first-order chi connectivity index (χ1) is 9.81. The highest BCUT2D eigenvalue weighted by Crippen LogP contribution is 2.33. The summed E-state index contributed by atoms with van der Waals surface area (Å²) in [5.41, 5.74) is 6.04. The fraction of sp³-hybridized carbons (Fsp3) is 0.882. The molecule has 0 radical (unpaired) electrons. The van der Waals surface area contributed by atoms with Gasteiger partial charge in [0.15, 0.2) is 5.82 Å². The van der Waals surface area contributed by atoms with Crippen LogP contribution in [0.3, 0.4) is 0 Å². The Balaban J connectivity index is 2.25. The van der Waals surface area contributed by atoms with Gasteiger partial charge in [-0.25, -0.2) is 9.67 Å². The molecule has 2 N–H and O–H groups in total. The summed E-state index contributed by atoms with van der Waals surface area (Å²) in [5.74, 6) is 3.38. The van der Waals surface area contributed by atoms with Crippen molar-refractivity contribution in [3.63, 3.8) is 0 Å². The van der Waals surface area contributed by atoms with Crippen LogP contribution in [0.2, 0.25) is 0 Å². The third-order valence-corrected chi connectivity index (χ3v) is 4.68. The van der Waals surface area contributed by atoms with Crippen molar-refractivity contribution in [2.24, 2.45) is 11.7 Å². The van der Waals surface area contributed by atoms with E-state index >= 15 is 0 Å². The monoisotopic (exact) mass is 292 g/mol. The zero-order valence-corrected chi connectivity index (χ0v) is 14.4. The molecule has 4 nitrogen and oxygen atoms in total. The zero-order valence-electron chi connectivity index (χ0n) is 14.4. The van der Waals surface area contributed by atoms with E-state index < -0.39 is 0 Å². The number of nitrogens with two attached hydrogens (primary N) is 1. The van der Waals surface area contributed by atoms with Gasteiger partial charge in [-0.1, -0.05) is 20.3 Å². The molecule has 1 aromatic heterocycles. The predicted molar refractivity (Wildman–Crippen MR) is 87.4 cm³/mol. The van der Waals surface area contributed by atoms with Gasteiger partial charge in [0.05, 0.1) is 5.54 Å². The molecular formula is C17H32N4. The summed E-state index contributed by atoms with van der Waals surface area (Å²) in [5, 5.41) is 4.84. The van der Waals surface area contributed by atoms with Crippen LogP contribution in [-0.4, -0.2) is 20.8 Å². The van der Waals surface area contributed by atoms with Crippen LogP contribution in [0.5, 0.6) is 0 Å². The van der Waals surface area contributed by atoms with E-state index in [0.29, 0.717) is 17.9 Å². The van der Waals surface area contributed by atoms with Crippen molar-refractivity contribution in [2.75, 3.05) is 0 Å². The van der Waals surface area contributed by atoms with Crippen LogP contribution < -0.4 is 5.73 Å². The molecule has 1 saturated carbocycles. The third-order valence-electron chi connectivity index (χ3n) is 4.68. The molecule has 1 aliphatic rings. The number of rotatable bonds is 4. The van der Waals surface area contributed by atoms with Crippen molar-refractivity contribution in [3.8, 4) is 0 Å².